The number of amides is 1. The van der Waals surface area contributed by atoms with Gasteiger partial charge in [-0.15, -0.1) is 0 Å². The fourth-order valence-electron chi connectivity index (χ4n) is 1.90. The second-order valence-corrected chi connectivity index (χ2v) is 5.60. The van der Waals surface area contributed by atoms with E-state index in [9.17, 15) is 14.7 Å². The highest BCUT2D eigenvalue weighted by molar-refractivity contribution is 6.31. The minimum Gasteiger partial charge on any atom is -0.545 e. The number of carbonyl (C=O) groups is 2. The molecule has 0 aliphatic carbocycles. The summed E-state index contributed by atoms with van der Waals surface area (Å²) in [7, 11) is 0. The van der Waals surface area contributed by atoms with Crippen LogP contribution >= 0.6 is 23.2 Å². The molecule has 23 heavy (non-hydrogen) atoms. The summed E-state index contributed by atoms with van der Waals surface area (Å²) in [6, 6.07) is 9.00. The highest BCUT2D eigenvalue weighted by Crippen LogP contribution is 2.23. The number of carboxylic acids is 1. The maximum atomic E-state index is 11.9. The predicted octanol–water partition coefficient (Wildman–Crippen LogP) is 2.68. The molecule has 0 spiro atoms. The molecule has 0 aromatic heterocycles. The standard InChI is InChI=1S/C16H13Cl2NO4/c1-9-6-10(17)3-5-14(9)23-8-15(20)19-13-7-11(18)2-4-12(13)16(21)22/h2-7H,8H2,1H3,(H,19,20)(H,21,22)/p-1. The molecule has 0 saturated carbocycles. The van der Waals surface area contributed by atoms with Crippen LogP contribution in [0.15, 0.2) is 36.4 Å². The van der Waals surface area contributed by atoms with Gasteiger partial charge in [0, 0.05) is 15.6 Å². The predicted molar refractivity (Wildman–Crippen MR) is 86.1 cm³/mol. The second-order valence-electron chi connectivity index (χ2n) is 4.72. The largest absolute Gasteiger partial charge is 0.545 e. The smallest absolute Gasteiger partial charge is 0.262 e. The molecule has 0 radical (unpaired) electrons. The van der Waals surface area contributed by atoms with Crippen molar-refractivity contribution in [2.24, 2.45) is 0 Å². The fourth-order valence-corrected chi connectivity index (χ4v) is 2.30. The van der Waals surface area contributed by atoms with Gasteiger partial charge in [0.15, 0.2) is 6.61 Å². The molecule has 0 atom stereocenters. The average molecular weight is 353 g/mol. The summed E-state index contributed by atoms with van der Waals surface area (Å²) in [6.45, 7) is 1.51. The molecule has 120 valence electrons. The molecule has 2 aromatic carbocycles. The van der Waals surface area contributed by atoms with E-state index in [0.717, 1.165) is 5.56 Å². The van der Waals surface area contributed by atoms with E-state index in [1.807, 2.05) is 0 Å². The van der Waals surface area contributed by atoms with Crippen LogP contribution in [0.3, 0.4) is 0 Å². The van der Waals surface area contributed by atoms with Crippen molar-refractivity contribution in [1.29, 1.82) is 0 Å². The zero-order valence-electron chi connectivity index (χ0n) is 12.1. The third kappa shape index (κ3) is 4.61. The van der Waals surface area contributed by atoms with E-state index in [1.165, 1.54) is 18.2 Å². The Hall–Kier alpha value is -2.24. The summed E-state index contributed by atoms with van der Waals surface area (Å²) < 4.78 is 5.39. The topological polar surface area (TPSA) is 78.5 Å². The summed E-state index contributed by atoms with van der Waals surface area (Å²) in [4.78, 5) is 23.0. The highest BCUT2D eigenvalue weighted by Gasteiger charge is 2.10. The number of hydrogen-bond donors (Lipinski definition) is 1. The lowest BCUT2D eigenvalue weighted by atomic mass is 10.2. The minimum atomic E-state index is -1.41. The Morgan fingerprint density at radius 2 is 1.78 bits per heavy atom. The molecule has 0 unspecified atom stereocenters. The zero-order valence-corrected chi connectivity index (χ0v) is 13.6. The first-order valence-corrected chi connectivity index (χ1v) is 7.32. The molecule has 5 nitrogen and oxygen atoms in total. The number of carbonyl (C=O) groups excluding carboxylic acids is 2. The van der Waals surface area contributed by atoms with Gasteiger partial charge in [0.25, 0.3) is 5.91 Å². The number of hydrogen-bond acceptors (Lipinski definition) is 4. The van der Waals surface area contributed by atoms with Gasteiger partial charge in [-0.3, -0.25) is 4.79 Å². The van der Waals surface area contributed by atoms with Crippen molar-refractivity contribution in [2.45, 2.75) is 6.92 Å². The molecule has 1 N–H and O–H groups in total. The quantitative estimate of drug-likeness (QED) is 0.897. The number of carboxylic acid groups (broad SMARTS) is 1. The van der Waals surface area contributed by atoms with Crippen molar-refractivity contribution in [2.75, 3.05) is 11.9 Å². The molecule has 0 heterocycles. The van der Waals surface area contributed by atoms with Gasteiger partial charge in [-0.2, -0.15) is 0 Å². The third-order valence-electron chi connectivity index (χ3n) is 2.97. The number of rotatable bonds is 5. The molecule has 0 bridgehead atoms. The lowest BCUT2D eigenvalue weighted by Gasteiger charge is -2.13. The Morgan fingerprint density at radius 3 is 2.43 bits per heavy atom. The van der Waals surface area contributed by atoms with Crippen LogP contribution in [0, 0.1) is 6.92 Å². The first kappa shape index (κ1) is 17.1. The van der Waals surface area contributed by atoms with E-state index in [0.29, 0.717) is 15.8 Å². The molecular formula is C16H12Cl2NO4-. The molecule has 0 aliphatic heterocycles. The van der Waals surface area contributed by atoms with E-state index in [-0.39, 0.29) is 17.9 Å². The number of halogens is 2. The average Bonchev–Trinajstić information content (AvgIpc) is 2.46. The van der Waals surface area contributed by atoms with Crippen molar-refractivity contribution in [3.8, 4) is 5.75 Å². The van der Waals surface area contributed by atoms with Gasteiger partial charge in [0.05, 0.1) is 11.7 Å². The summed E-state index contributed by atoms with van der Waals surface area (Å²) >= 11 is 11.6. The van der Waals surface area contributed by atoms with Gasteiger partial charge in [-0.1, -0.05) is 23.2 Å². The van der Waals surface area contributed by atoms with Crippen LogP contribution in [-0.4, -0.2) is 18.5 Å². The van der Waals surface area contributed by atoms with Crippen LogP contribution in [0.2, 0.25) is 10.0 Å². The Labute approximate surface area is 142 Å². The maximum Gasteiger partial charge on any atom is 0.262 e. The monoisotopic (exact) mass is 352 g/mol. The van der Waals surface area contributed by atoms with Gasteiger partial charge < -0.3 is 20.0 Å². The normalized spacial score (nSPS) is 10.2. The van der Waals surface area contributed by atoms with Crippen molar-refractivity contribution in [3.05, 3.63) is 57.6 Å². The lowest BCUT2D eigenvalue weighted by molar-refractivity contribution is -0.254. The number of aryl methyl sites for hydroxylation is 1. The van der Waals surface area contributed by atoms with Crippen molar-refractivity contribution >= 4 is 40.8 Å². The van der Waals surface area contributed by atoms with Gasteiger partial charge in [-0.25, -0.2) is 0 Å². The number of aromatic carboxylic acids is 1. The highest BCUT2D eigenvalue weighted by atomic mass is 35.5. The minimum absolute atomic E-state index is 0.0546. The van der Waals surface area contributed by atoms with E-state index in [2.05, 4.69) is 5.32 Å². The first-order valence-electron chi connectivity index (χ1n) is 6.56. The van der Waals surface area contributed by atoms with Gasteiger partial charge in [0.2, 0.25) is 0 Å². The third-order valence-corrected chi connectivity index (χ3v) is 3.44. The molecule has 2 aromatic rings. The van der Waals surface area contributed by atoms with E-state index in [1.54, 1.807) is 25.1 Å². The van der Waals surface area contributed by atoms with Crippen LogP contribution in [0.5, 0.6) is 5.75 Å². The molecule has 0 aliphatic rings. The number of anilines is 1. The Morgan fingerprint density at radius 1 is 1.13 bits per heavy atom. The Balaban J connectivity index is 2.05. The SMILES string of the molecule is Cc1cc(Cl)ccc1OCC(=O)Nc1cc(Cl)ccc1C(=O)[O-]. The van der Waals surface area contributed by atoms with Crippen molar-refractivity contribution < 1.29 is 19.4 Å². The van der Waals surface area contributed by atoms with E-state index < -0.39 is 11.9 Å². The first-order chi connectivity index (χ1) is 10.9. The van der Waals surface area contributed by atoms with Gasteiger partial charge in [-0.05, 0) is 48.9 Å². The van der Waals surface area contributed by atoms with Crippen LogP contribution in [-0.2, 0) is 4.79 Å². The maximum absolute atomic E-state index is 11.9. The molecule has 1 amide bonds. The summed E-state index contributed by atoms with van der Waals surface area (Å²) in [5.74, 6) is -1.42. The second kappa shape index (κ2) is 7.35. The van der Waals surface area contributed by atoms with Crippen LogP contribution in [0.25, 0.3) is 0 Å². The van der Waals surface area contributed by atoms with Crippen molar-refractivity contribution in [3.63, 3.8) is 0 Å². The number of nitrogens with one attached hydrogen (secondary N) is 1. The van der Waals surface area contributed by atoms with Gasteiger partial charge in [0.1, 0.15) is 5.75 Å². The van der Waals surface area contributed by atoms with E-state index in [4.69, 9.17) is 27.9 Å². The van der Waals surface area contributed by atoms with Crippen LogP contribution in [0.1, 0.15) is 15.9 Å². The van der Waals surface area contributed by atoms with Gasteiger partial charge >= 0.3 is 0 Å². The number of ether oxygens (including phenoxy) is 1. The zero-order chi connectivity index (χ0) is 17.0. The molecule has 0 fully saturated rings. The molecule has 2 rings (SSSR count). The summed E-state index contributed by atoms with van der Waals surface area (Å²) in [6.07, 6.45) is 0. The van der Waals surface area contributed by atoms with Crippen LogP contribution in [0.4, 0.5) is 5.69 Å². The molecular weight excluding hydrogens is 341 g/mol. The summed E-state index contributed by atoms with van der Waals surface area (Å²) in [5.41, 5.74) is 0.674. The Bertz CT molecular complexity index is 762. The fraction of sp³-hybridized carbons (Fsp3) is 0.125. The van der Waals surface area contributed by atoms with Crippen LogP contribution < -0.4 is 15.2 Å². The van der Waals surface area contributed by atoms with E-state index >= 15 is 0 Å². The summed E-state index contributed by atoms with van der Waals surface area (Å²) in [5, 5.41) is 14.3. The number of benzene rings is 2. The molecule has 0 saturated heterocycles. The molecule has 7 heteroatoms. The van der Waals surface area contributed by atoms with Crippen molar-refractivity contribution in [1.82, 2.24) is 0 Å². The Kier molecular flexibility index (Phi) is 5.47. The lowest BCUT2D eigenvalue weighted by Crippen LogP contribution is -2.26.